The van der Waals surface area contributed by atoms with Crippen molar-refractivity contribution >= 4 is 34.6 Å². The SMILES string of the molecule is O=C(C[C@@H]1CCc2cc(I)cnc21)N1C(=O)OC[C@@H]1Cc1ccccc1. The Balaban J connectivity index is 1.47. The van der Waals surface area contributed by atoms with Gasteiger partial charge in [0.15, 0.2) is 0 Å². The summed E-state index contributed by atoms with van der Waals surface area (Å²) in [5.41, 5.74) is 3.32. The van der Waals surface area contributed by atoms with Crippen LogP contribution in [0.1, 0.15) is 35.6 Å². The molecule has 1 aliphatic carbocycles. The Labute approximate surface area is 165 Å². The number of aryl methyl sites for hydroxylation is 1. The number of aromatic nitrogens is 1. The minimum atomic E-state index is -0.523. The zero-order valence-electron chi connectivity index (χ0n) is 14.2. The van der Waals surface area contributed by atoms with Crippen molar-refractivity contribution in [2.75, 3.05) is 6.61 Å². The fourth-order valence-corrected chi connectivity index (χ4v) is 4.35. The van der Waals surface area contributed by atoms with E-state index in [1.807, 2.05) is 36.5 Å². The Hall–Kier alpha value is -1.96. The quantitative estimate of drug-likeness (QED) is 0.651. The molecule has 2 aliphatic rings. The molecule has 1 fully saturated rings. The predicted octanol–water partition coefficient (Wildman–Crippen LogP) is 3.70. The summed E-state index contributed by atoms with van der Waals surface area (Å²) in [6.07, 6.45) is 4.08. The first-order chi connectivity index (χ1) is 12.6. The number of carbonyl (C=O) groups excluding carboxylic acids is 2. The number of halogens is 1. The molecule has 0 N–H and O–H groups in total. The van der Waals surface area contributed by atoms with Crippen LogP contribution < -0.4 is 0 Å². The Morgan fingerprint density at radius 2 is 2.12 bits per heavy atom. The molecule has 1 aromatic carbocycles. The van der Waals surface area contributed by atoms with E-state index in [1.54, 1.807) is 0 Å². The van der Waals surface area contributed by atoms with Crippen LogP contribution in [0.2, 0.25) is 0 Å². The molecule has 2 atom stereocenters. The van der Waals surface area contributed by atoms with Crippen LogP contribution in [0.4, 0.5) is 4.79 Å². The van der Waals surface area contributed by atoms with Gasteiger partial charge in [0.2, 0.25) is 5.91 Å². The number of hydrogen-bond donors (Lipinski definition) is 0. The average molecular weight is 462 g/mol. The lowest BCUT2D eigenvalue weighted by Crippen LogP contribution is -2.40. The van der Waals surface area contributed by atoms with Gasteiger partial charge in [0.25, 0.3) is 0 Å². The van der Waals surface area contributed by atoms with Crippen LogP contribution in [0.3, 0.4) is 0 Å². The Kier molecular flexibility index (Phi) is 4.93. The van der Waals surface area contributed by atoms with Crippen LogP contribution in [-0.4, -0.2) is 34.5 Å². The van der Waals surface area contributed by atoms with Crippen molar-refractivity contribution in [1.29, 1.82) is 0 Å². The van der Waals surface area contributed by atoms with Crippen LogP contribution in [0.5, 0.6) is 0 Å². The lowest BCUT2D eigenvalue weighted by Gasteiger charge is -2.21. The van der Waals surface area contributed by atoms with E-state index in [1.165, 1.54) is 10.5 Å². The number of fused-ring (bicyclic) bond motifs is 1. The lowest BCUT2D eigenvalue weighted by molar-refractivity contribution is -0.129. The summed E-state index contributed by atoms with van der Waals surface area (Å²) in [6, 6.07) is 11.8. The predicted molar refractivity (Wildman–Crippen MR) is 105 cm³/mol. The first kappa shape index (κ1) is 17.5. The molecule has 4 rings (SSSR count). The van der Waals surface area contributed by atoms with Gasteiger partial charge in [-0.1, -0.05) is 30.3 Å². The van der Waals surface area contributed by atoms with Gasteiger partial charge in [-0.05, 0) is 59.0 Å². The number of nitrogens with zero attached hydrogens (tertiary/aromatic N) is 2. The van der Waals surface area contributed by atoms with Crippen LogP contribution in [0.15, 0.2) is 42.6 Å². The molecule has 1 saturated heterocycles. The molecule has 2 heterocycles. The molecule has 6 heteroatoms. The monoisotopic (exact) mass is 462 g/mol. The zero-order valence-corrected chi connectivity index (χ0v) is 16.4. The molecule has 0 bridgehead atoms. The number of cyclic esters (lactones) is 1. The van der Waals surface area contributed by atoms with Gasteiger partial charge in [-0.25, -0.2) is 9.69 Å². The molecular formula is C20H19IN2O3. The zero-order chi connectivity index (χ0) is 18.1. The van der Waals surface area contributed by atoms with Crippen molar-refractivity contribution in [3.63, 3.8) is 0 Å². The first-order valence-corrected chi connectivity index (χ1v) is 9.87. The van der Waals surface area contributed by atoms with E-state index in [0.717, 1.165) is 27.7 Å². The normalized spacial score (nSPS) is 21.6. The second-order valence-electron chi connectivity index (χ2n) is 6.82. The van der Waals surface area contributed by atoms with Gasteiger partial charge in [0.05, 0.1) is 6.04 Å². The smallest absolute Gasteiger partial charge is 0.416 e. The lowest BCUT2D eigenvalue weighted by atomic mass is 10.0. The van der Waals surface area contributed by atoms with Crippen molar-refractivity contribution in [3.05, 3.63) is 63.0 Å². The van der Waals surface area contributed by atoms with Crippen LogP contribution in [0.25, 0.3) is 0 Å². The van der Waals surface area contributed by atoms with E-state index in [-0.39, 0.29) is 24.5 Å². The summed E-state index contributed by atoms with van der Waals surface area (Å²) in [6.45, 7) is 0.261. The highest BCUT2D eigenvalue weighted by Gasteiger charge is 2.39. The van der Waals surface area contributed by atoms with E-state index in [9.17, 15) is 9.59 Å². The molecule has 5 nitrogen and oxygen atoms in total. The average Bonchev–Trinajstić information content (AvgIpc) is 3.19. The Morgan fingerprint density at radius 3 is 2.92 bits per heavy atom. The van der Waals surface area contributed by atoms with E-state index in [2.05, 4.69) is 33.6 Å². The number of hydrogen-bond acceptors (Lipinski definition) is 4. The summed E-state index contributed by atoms with van der Waals surface area (Å²) in [5.74, 6) is -0.0769. The number of ether oxygens (including phenoxy) is 1. The molecular weight excluding hydrogens is 443 g/mol. The van der Waals surface area contributed by atoms with Gasteiger partial charge in [0, 0.05) is 27.8 Å². The van der Waals surface area contributed by atoms with Crippen molar-refractivity contribution in [2.45, 2.75) is 37.6 Å². The number of imide groups is 1. The van der Waals surface area contributed by atoms with Gasteiger partial charge in [-0.15, -0.1) is 0 Å². The van der Waals surface area contributed by atoms with Crippen molar-refractivity contribution < 1.29 is 14.3 Å². The minimum absolute atomic E-state index is 0.0836. The van der Waals surface area contributed by atoms with Gasteiger partial charge >= 0.3 is 6.09 Å². The van der Waals surface area contributed by atoms with Crippen LogP contribution in [-0.2, 0) is 22.4 Å². The maximum absolute atomic E-state index is 12.9. The number of carbonyl (C=O) groups is 2. The number of benzene rings is 1. The Morgan fingerprint density at radius 1 is 1.31 bits per heavy atom. The van der Waals surface area contributed by atoms with Gasteiger partial charge in [-0.2, -0.15) is 0 Å². The molecule has 26 heavy (non-hydrogen) atoms. The molecule has 1 aromatic heterocycles. The summed E-state index contributed by atoms with van der Waals surface area (Å²) < 4.78 is 6.28. The standard InChI is InChI=1S/C20H19IN2O3/c21-16-9-14-6-7-15(19(14)22-11-16)10-18(24)23-17(12-26-20(23)25)8-13-4-2-1-3-5-13/h1-5,9,11,15,17H,6-8,10,12H2/t15-,17-/m0/s1. The molecule has 134 valence electrons. The summed E-state index contributed by atoms with van der Waals surface area (Å²) >= 11 is 2.25. The Bertz CT molecular complexity index is 840. The minimum Gasteiger partial charge on any atom is -0.447 e. The van der Waals surface area contributed by atoms with Gasteiger partial charge < -0.3 is 4.74 Å². The molecule has 0 radical (unpaired) electrons. The first-order valence-electron chi connectivity index (χ1n) is 8.79. The molecule has 0 unspecified atom stereocenters. The van der Waals surface area contributed by atoms with Crippen molar-refractivity contribution in [2.24, 2.45) is 0 Å². The molecule has 2 aromatic rings. The highest BCUT2D eigenvalue weighted by Crippen LogP contribution is 2.35. The number of rotatable bonds is 4. The third-order valence-corrected chi connectivity index (χ3v) is 5.67. The van der Waals surface area contributed by atoms with E-state index in [0.29, 0.717) is 12.8 Å². The second kappa shape index (κ2) is 7.34. The summed E-state index contributed by atoms with van der Waals surface area (Å²) in [5, 5.41) is 0. The maximum Gasteiger partial charge on any atom is 0.416 e. The fourth-order valence-electron chi connectivity index (χ4n) is 3.84. The number of pyridine rings is 1. The van der Waals surface area contributed by atoms with Crippen molar-refractivity contribution in [1.82, 2.24) is 9.88 Å². The van der Waals surface area contributed by atoms with Crippen LogP contribution >= 0.6 is 22.6 Å². The van der Waals surface area contributed by atoms with Crippen LogP contribution in [0, 0.1) is 3.57 Å². The third-order valence-electron chi connectivity index (χ3n) is 5.08. The topological polar surface area (TPSA) is 59.5 Å². The summed E-state index contributed by atoms with van der Waals surface area (Å²) in [7, 11) is 0. The molecule has 2 amide bonds. The van der Waals surface area contributed by atoms with E-state index < -0.39 is 6.09 Å². The highest BCUT2D eigenvalue weighted by molar-refractivity contribution is 14.1. The van der Waals surface area contributed by atoms with E-state index in [4.69, 9.17) is 4.74 Å². The largest absolute Gasteiger partial charge is 0.447 e. The highest BCUT2D eigenvalue weighted by atomic mass is 127. The number of amides is 2. The summed E-state index contributed by atoms with van der Waals surface area (Å²) in [4.78, 5) is 30.9. The molecule has 1 aliphatic heterocycles. The van der Waals surface area contributed by atoms with Gasteiger partial charge in [0.1, 0.15) is 6.61 Å². The van der Waals surface area contributed by atoms with Gasteiger partial charge in [-0.3, -0.25) is 9.78 Å². The maximum atomic E-state index is 12.9. The fraction of sp³-hybridized carbons (Fsp3) is 0.350. The molecule has 0 spiro atoms. The molecule has 0 saturated carbocycles. The van der Waals surface area contributed by atoms with E-state index >= 15 is 0 Å². The second-order valence-corrected chi connectivity index (χ2v) is 8.07. The third kappa shape index (κ3) is 3.47. The van der Waals surface area contributed by atoms with Crippen molar-refractivity contribution in [3.8, 4) is 0 Å².